The van der Waals surface area contributed by atoms with Crippen LogP contribution in [-0.4, -0.2) is 41.6 Å². The zero-order chi connectivity index (χ0) is 22.1. The molecule has 1 amide bonds. The van der Waals surface area contributed by atoms with E-state index in [9.17, 15) is 9.59 Å². The lowest BCUT2D eigenvalue weighted by Gasteiger charge is -2.17. The highest BCUT2D eigenvalue weighted by Gasteiger charge is 2.12. The molecule has 0 heterocycles. The zero-order valence-electron chi connectivity index (χ0n) is 18.0. The van der Waals surface area contributed by atoms with Crippen LogP contribution < -0.4 is 9.47 Å². The summed E-state index contributed by atoms with van der Waals surface area (Å²) < 4.78 is 11.4. The molecule has 160 valence electrons. The molecule has 0 aliphatic rings. The standard InChI is InChI=1S/C24H29NO5/c1-5-25(6-2)23(26)13-18(4)19-11-12-21(22(14-19)30-16-24(27)28)29-15-20-10-8-7-9-17(20)3/h7-14H,5-6,15-16H2,1-4H3,(H,27,28)/b18-13+. The van der Waals surface area contributed by atoms with E-state index < -0.39 is 12.6 Å². The van der Waals surface area contributed by atoms with Crippen LogP contribution in [0.3, 0.4) is 0 Å². The first-order valence-corrected chi connectivity index (χ1v) is 9.99. The molecule has 6 nitrogen and oxygen atoms in total. The number of aryl methyl sites for hydroxylation is 1. The lowest BCUT2D eigenvalue weighted by Crippen LogP contribution is -2.28. The molecule has 0 saturated heterocycles. The lowest BCUT2D eigenvalue weighted by molar-refractivity contribution is -0.139. The molecule has 30 heavy (non-hydrogen) atoms. The van der Waals surface area contributed by atoms with Crippen molar-refractivity contribution in [2.24, 2.45) is 0 Å². The number of aliphatic carboxylic acids is 1. The number of rotatable bonds is 10. The third-order valence-corrected chi connectivity index (χ3v) is 4.81. The first-order valence-electron chi connectivity index (χ1n) is 9.99. The van der Waals surface area contributed by atoms with Gasteiger partial charge in [0.15, 0.2) is 18.1 Å². The summed E-state index contributed by atoms with van der Waals surface area (Å²) in [6.07, 6.45) is 1.58. The van der Waals surface area contributed by atoms with E-state index >= 15 is 0 Å². The molecule has 6 heteroatoms. The van der Waals surface area contributed by atoms with Crippen molar-refractivity contribution in [3.63, 3.8) is 0 Å². The molecule has 0 unspecified atom stereocenters. The molecule has 0 aliphatic carbocycles. The summed E-state index contributed by atoms with van der Waals surface area (Å²) in [6.45, 7) is 8.84. The number of carbonyl (C=O) groups is 2. The summed E-state index contributed by atoms with van der Waals surface area (Å²) in [5.41, 5.74) is 3.67. The van der Waals surface area contributed by atoms with Crippen LogP contribution in [0.4, 0.5) is 0 Å². The second-order valence-electron chi connectivity index (χ2n) is 6.90. The maximum atomic E-state index is 12.4. The van der Waals surface area contributed by atoms with Gasteiger partial charge in [-0.1, -0.05) is 30.3 Å². The second kappa shape index (κ2) is 11.0. The van der Waals surface area contributed by atoms with Gasteiger partial charge in [-0.05, 0) is 62.1 Å². The molecule has 0 spiro atoms. The van der Waals surface area contributed by atoms with Gasteiger partial charge in [-0.2, -0.15) is 0 Å². The number of ether oxygens (including phenoxy) is 2. The number of nitrogens with zero attached hydrogens (tertiary/aromatic N) is 1. The van der Waals surface area contributed by atoms with Gasteiger partial charge in [0.2, 0.25) is 5.91 Å². The Morgan fingerprint density at radius 2 is 1.73 bits per heavy atom. The first kappa shape index (κ1) is 23.0. The summed E-state index contributed by atoms with van der Waals surface area (Å²) in [7, 11) is 0. The van der Waals surface area contributed by atoms with Crippen LogP contribution >= 0.6 is 0 Å². The summed E-state index contributed by atoms with van der Waals surface area (Å²) in [5.74, 6) is -0.364. The Morgan fingerprint density at radius 1 is 1.03 bits per heavy atom. The summed E-state index contributed by atoms with van der Waals surface area (Å²) in [6, 6.07) is 13.2. The molecule has 0 bridgehead atoms. The summed E-state index contributed by atoms with van der Waals surface area (Å²) in [5, 5.41) is 9.00. The molecule has 0 aromatic heterocycles. The minimum absolute atomic E-state index is 0.0645. The van der Waals surface area contributed by atoms with Gasteiger partial charge in [-0.3, -0.25) is 4.79 Å². The van der Waals surface area contributed by atoms with Crippen molar-refractivity contribution in [3.05, 3.63) is 65.2 Å². The van der Waals surface area contributed by atoms with E-state index in [1.54, 1.807) is 23.1 Å². The monoisotopic (exact) mass is 411 g/mol. The molecule has 0 aliphatic heterocycles. The van der Waals surface area contributed by atoms with Gasteiger partial charge in [-0.15, -0.1) is 0 Å². The number of carbonyl (C=O) groups excluding carboxylic acids is 1. The Balaban J connectivity index is 2.27. The van der Waals surface area contributed by atoms with E-state index in [4.69, 9.17) is 14.6 Å². The number of amides is 1. The number of hydrogen-bond acceptors (Lipinski definition) is 4. The van der Waals surface area contributed by atoms with Crippen molar-refractivity contribution in [1.29, 1.82) is 0 Å². The van der Waals surface area contributed by atoms with Gasteiger partial charge in [0.25, 0.3) is 0 Å². The highest BCUT2D eigenvalue weighted by molar-refractivity contribution is 5.95. The largest absolute Gasteiger partial charge is 0.485 e. The molecular weight excluding hydrogens is 382 g/mol. The normalized spacial score (nSPS) is 11.1. The smallest absolute Gasteiger partial charge is 0.341 e. The van der Waals surface area contributed by atoms with Crippen LogP contribution in [0.25, 0.3) is 5.57 Å². The predicted octanol–water partition coefficient (Wildman–Crippen LogP) is 4.31. The van der Waals surface area contributed by atoms with Crippen molar-refractivity contribution >= 4 is 17.4 Å². The number of benzene rings is 2. The van der Waals surface area contributed by atoms with Crippen LogP contribution in [-0.2, 0) is 16.2 Å². The van der Waals surface area contributed by atoms with Gasteiger partial charge in [0, 0.05) is 19.2 Å². The van der Waals surface area contributed by atoms with Crippen LogP contribution in [0.15, 0.2) is 48.5 Å². The average Bonchev–Trinajstić information content (AvgIpc) is 2.72. The number of carboxylic acid groups (broad SMARTS) is 1. The molecule has 0 fully saturated rings. The van der Waals surface area contributed by atoms with E-state index in [1.807, 2.05) is 58.0 Å². The Labute approximate surface area is 177 Å². The summed E-state index contributed by atoms with van der Waals surface area (Å²) >= 11 is 0. The number of allylic oxidation sites excluding steroid dienone is 1. The van der Waals surface area contributed by atoms with Gasteiger partial charge in [0.05, 0.1) is 0 Å². The van der Waals surface area contributed by atoms with E-state index in [1.165, 1.54) is 0 Å². The van der Waals surface area contributed by atoms with Crippen molar-refractivity contribution in [2.75, 3.05) is 19.7 Å². The Bertz CT molecular complexity index is 916. The van der Waals surface area contributed by atoms with Crippen LogP contribution in [0.2, 0.25) is 0 Å². The van der Waals surface area contributed by atoms with Gasteiger partial charge in [0.1, 0.15) is 6.61 Å². The van der Waals surface area contributed by atoms with Crippen molar-refractivity contribution in [1.82, 2.24) is 4.90 Å². The van der Waals surface area contributed by atoms with E-state index in [0.29, 0.717) is 31.2 Å². The Kier molecular flexibility index (Phi) is 8.47. The predicted molar refractivity (Wildman–Crippen MR) is 117 cm³/mol. The number of carboxylic acids is 1. The maximum Gasteiger partial charge on any atom is 0.341 e. The molecule has 0 atom stereocenters. The molecular formula is C24H29NO5. The molecule has 0 saturated carbocycles. The van der Waals surface area contributed by atoms with Crippen LogP contribution in [0.1, 0.15) is 37.5 Å². The van der Waals surface area contributed by atoms with E-state index in [-0.39, 0.29) is 5.91 Å². The van der Waals surface area contributed by atoms with Crippen molar-refractivity contribution < 1.29 is 24.2 Å². The highest BCUT2D eigenvalue weighted by atomic mass is 16.5. The Morgan fingerprint density at radius 3 is 2.37 bits per heavy atom. The molecule has 2 rings (SSSR count). The molecule has 2 aromatic rings. The fraction of sp³-hybridized carbons (Fsp3) is 0.333. The number of hydrogen-bond donors (Lipinski definition) is 1. The zero-order valence-corrected chi connectivity index (χ0v) is 18.0. The van der Waals surface area contributed by atoms with Gasteiger partial charge < -0.3 is 19.5 Å². The highest BCUT2D eigenvalue weighted by Crippen LogP contribution is 2.32. The lowest BCUT2D eigenvalue weighted by atomic mass is 10.1. The fourth-order valence-electron chi connectivity index (χ4n) is 2.95. The minimum atomic E-state index is -1.07. The molecule has 0 radical (unpaired) electrons. The van der Waals surface area contributed by atoms with E-state index in [0.717, 1.165) is 22.3 Å². The fourth-order valence-corrected chi connectivity index (χ4v) is 2.95. The third-order valence-electron chi connectivity index (χ3n) is 4.81. The molecule has 2 aromatic carbocycles. The molecule has 1 N–H and O–H groups in total. The average molecular weight is 411 g/mol. The summed E-state index contributed by atoms with van der Waals surface area (Å²) in [4.78, 5) is 25.1. The van der Waals surface area contributed by atoms with E-state index in [2.05, 4.69) is 0 Å². The van der Waals surface area contributed by atoms with Gasteiger partial charge >= 0.3 is 5.97 Å². The Hall–Kier alpha value is -3.28. The topological polar surface area (TPSA) is 76.1 Å². The number of likely N-dealkylation sites (N-methyl/N-ethyl adjacent to an activating group) is 1. The van der Waals surface area contributed by atoms with Crippen molar-refractivity contribution in [3.8, 4) is 11.5 Å². The van der Waals surface area contributed by atoms with Crippen LogP contribution in [0.5, 0.6) is 11.5 Å². The quantitative estimate of drug-likeness (QED) is 0.590. The third kappa shape index (κ3) is 6.37. The van der Waals surface area contributed by atoms with Gasteiger partial charge in [-0.25, -0.2) is 4.79 Å². The van der Waals surface area contributed by atoms with Crippen molar-refractivity contribution in [2.45, 2.75) is 34.3 Å². The maximum absolute atomic E-state index is 12.4. The first-order chi connectivity index (χ1) is 14.3. The minimum Gasteiger partial charge on any atom is -0.485 e. The SMILES string of the molecule is CCN(CC)C(=O)/C=C(\C)c1ccc(OCc2ccccc2C)c(OCC(=O)O)c1. The van der Waals surface area contributed by atoms with Crippen LogP contribution in [0, 0.1) is 6.92 Å². The second-order valence-corrected chi connectivity index (χ2v) is 6.90.